The largest absolute Gasteiger partial charge is 0.355 e. The highest BCUT2D eigenvalue weighted by atomic mass is 16.2. The van der Waals surface area contributed by atoms with Crippen LogP contribution in [0.1, 0.15) is 18.4 Å². The molecule has 30 heavy (non-hydrogen) atoms. The van der Waals surface area contributed by atoms with Gasteiger partial charge in [0.2, 0.25) is 5.91 Å². The third-order valence-corrected chi connectivity index (χ3v) is 5.79. The number of carbonyl (C=O) groups excluding carboxylic acids is 2. The van der Waals surface area contributed by atoms with E-state index >= 15 is 0 Å². The average molecular weight is 409 g/mol. The molecule has 1 aromatic heterocycles. The second-order valence-electron chi connectivity index (χ2n) is 7.96. The highest BCUT2D eigenvalue weighted by Gasteiger charge is 2.32. The molecule has 0 bridgehead atoms. The zero-order valence-corrected chi connectivity index (χ0v) is 17.3. The summed E-state index contributed by atoms with van der Waals surface area (Å²) in [5.74, 6) is 0.975. The molecule has 1 unspecified atom stereocenters. The van der Waals surface area contributed by atoms with E-state index in [9.17, 15) is 9.59 Å². The van der Waals surface area contributed by atoms with Gasteiger partial charge in [-0.3, -0.25) is 9.78 Å². The topological polar surface area (TPSA) is 81.7 Å². The van der Waals surface area contributed by atoms with E-state index in [2.05, 4.69) is 20.2 Å². The molecule has 2 aliphatic heterocycles. The Morgan fingerprint density at radius 3 is 2.60 bits per heavy atom. The molecule has 2 aliphatic rings. The van der Waals surface area contributed by atoms with E-state index in [1.54, 1.807) is 23.5 Å². The molecule has 8 heteroatoms. The fraction of sp³-hybridized carbons (Fsp3) is 0.455. The van der Waals surface area contributed by atoms with E-state index < -0.39 is 0 Å². The number of aryl methyl sites for hydroxylation is 1. The van der Waals surface area contributed by atoms with Crippen molar-refractivity contribution < 1.29 is 9.59 Å². The third-order valence-electron chi connectivity index (χ3n) is 5.79. The van der Waals surface area contributed by atoms with Crippen LogP contribution < -0.4 is 10.2 Å². The molecule has 8 nitrogen and oxygen atoms in total. The Bertz CT molecular complexity index is 882. The van der Waals surface area contributed by atoms with Crippen molar-refractivity contribution >= 4 is 23.4 Å². The van der Waals surface area contributed by atoms with Gasteiger partial charge in [-0.1, -0.05) is 12.1 Å². The molecule has 158 valence electrons. The van der Waals surface area contributed by atoms with Gasteiger partial charge in [0.05, 0.1) is 12.1 Å². The zero-order chi connectivity index (χ0) is 20.9. The summed E-state index contributed by atoms with van der Waals surface area (Å²) in [5.41, 5.74) is 1.90. The molecule has 1 aromatic carbocycles. The first-order valence-corrected chi connectivity index (χ1v) is 10.5. The Hall–Kier alpha value is -3.16. The van der Waals surface area contributed by atoms with Gasteiger partial charge in [-0.2, -0.15) is 0 Å². The lowest BCUT2D eigenvalue weighted by molar-refractivity contribution is -0.137. The van der Waals surface area contributed by atoms with Gasteiger partial charge in [0.15, 0.2) is 0 Å². The first-order valence-electron chi connectivity index (χ1n) is 10.5. The van der Waals surface area contributed by atoms with Crippen LogP contribution in [0, 0.1) is 12.8 Å². The predicted molar refractivity (Wildman–Crippen MR) is 115 cm³/mol. The van der Waals surface area contributed by atoms with Gasteiger partial charge >= 0.3 is 6.03 Å². The molecule has 0 saturated carbocycles. The summed E-state index contributed by atoms with van der Waals surface area (Å²) in [7, 11) is 0. The molecule has 4 rings (SSSR count). The highest BCUT2D eigenvalue weighted by Crippen LogP contribution is 2.23. The molecule has 1 N–H and O–H groups in total. The number of benzene rings is 1. The van der Waals surface area contributed by atoms with Gasteiger partial charge in [-0.15, -0.1) is 0 Å². The molecule has 2 aromatic rings. The fourth-order valence-corrected chi connectivity index (χ4v) is 4.15. The number of rotatable bonds is 3. The maximum atomic E-state index is 13.1. The van der Waals surface area contributed by atoms with Crippen LogP contribution in [0.3, 0.4) is 0 Å². The second-order valence-corrected chi connectivity index (χ2v) is 7.96. The minimum absolute atomic E-state index is 0.0339. The number of urea groups is 1. The summed E-state index contributed by atoms with van der Waals surface area (Å²) >= 11 is 0. The summed E-state index contributed by atoms with van der Waals surface area (Å²) < 4.78 is 0. The van der Waals surface area contributed by atoms with Crippen LogP contribution >= 0.6 is 0 Å². The monoisotopic (exact) mass is 408 g/mol. The van der Waals surface area contributed by atoms with Gasteiger partial charge in [0.1, 0.15) is 5.82 Å². The van der Waals surface area contributed by atoms with Crippen molar-refractivity contribution in [2.75, 3.05) is 49.5 Å². The molecule has 3 heterocycles. The molecule has 0 aliphatic carbocycles. The van der Waals surface area contributed by atoms with Crippen LogP contribution in [0.4, 0.5) is 16.3 Å². The van der Waals surface area contributed by atoms with E-state index in [0.29, 0.717) is 32.7 Å². The van der Waals surface area contributed by atoms with E-state index in [0.717, 1.165) is 36.5 Å². The van der Waals surface area contributed by atoms with Crippen molar-refractivity contribution in [1.29, 1.82) is 0 Å². The first kappa shape index (κ1) is 20.1. The Balaban J connectivity index is 1.29. The van der Waals surface area contributed by atoms with Crippen LogP contribution in [0.2, 0.25) is 0 Å². The summed E-state index contributed by atoms with van der Waals surface area (Å²) in [6.45, 7) is 5.80. The minimum Gasteiger partial charge on any atom is -0.355 e. The smallest absolute Gasteiger partial charge is 0.321 e. The molecular formula is C22H28N6O2. The van der Waals surface area contributed by atoms with Crippen LogP contribution in [0.5, 0.6) is 0 Å². The Morgan fingerprint density at radius 2 is 1.87 bits per heavy atom. The average Bonchev–Trinajstić information content (AvgIpc) is 2.79. The van der Waals surface area contributed by atoms with Crippen molar-refractivity contribution in [2.45, 2.75) is 19.8 Å². The summed E-state index contributed by atoms with van der Waals surface area (Å²) in [4.78, 5) is 40.0. The first-order chi connectivity index (χ1) is 14.6. The maximum Gasteiger partial charge on any atom is 0.321 e. The fourth-order valence-electron chi connectivity index (χ4n) is 4.15. The number of nitrogens with zero attached hydrogens (tertiary/aromatic N) is 5. The number of nitrogens with one attached hydrogen (secondary N) is 1. The van der Waals surface area contributed by atoms with Gasteiger partial charge in [-0.25, -0.2) is 9.78 Å². The number of amides is 3. The number of piperazine rings is 1. The number of piperidine rings is 1. The standard InChI is InChI=1S/C22H28N6O2/c1-17-4-2-6-19(14-17)25-22(30)27-12-10-26(11-13-27)21(29)18-5-3-9-28(16-18)20-15-23-7-8-24-20/h2,4,6-8,14-15,18H,3,5,9-13,16H2,1H3,(H,25,30). The van der Waals surface area contributed by atoms with E-state index in [-0.39, 0.29) is 17.9 Å². The molecule has 0 spiro atoms. The predicted octanol–water partition coefficient (Wildman–Crippen LogP) is 2.38. The van der Waals surface area contributed by atoms with Gasteiger partial charge in [0.25, 0.3) is 0 Å². The zero-order valence-electron chi connectivity index (χ0n) is 17.3. The molecule has 2 saturated heterocycles. The second kappa shape index (κ2) is 9.11. The van der Waals surface area contributed by atoms with Crippen LogP contribution in [-0.4, -0.2) is 71.0 Å². The molecule has 1 atom stereocenters. The third kappa shape index (κ3) is 4.69. The van der Waals surface area contributed by atoms with Crippen molar-refractivity contribution in [2.24, 2.45) is 5.92 Å². The lowest BCUT2D eigenvalue weighted by Gasteiger charge is -2.39. The van der Waals surface area contributed by atoms with Gasteiger partial charge < -0.3 is 20.0 Å². The SMILES string of the molecule is Cc1cccc(NC(=O)N2CCN(C(=O)C3CCCN(c4cnccn4)C3)CC2)c1. The molecule has 2 fully saturated rings. The van der Waals surface area contributed by atoms with E-state index in [1.807, 2.05) is 36.1 Å². The van der Waals surface area contributed by atoms with Crippen molar-refractivity contribution in [3.8, 4) is 0 Å². The normalized spacial score (nSPS) is 19.5. The number of anilines is 2. The highest BCUT2D eigenvalue weighted by molar-refractivity contribution is 5.89. The van der Waals surface area contributed by atoms with Crippen molar-refractivity contribution in [1.82, 2.24) is 19.8 Å². The van der Waals surface area contributed by atoms with Crippen LogP contribution in [0.15, 0.2) is 42.9 Å². The minimum atomic E-state index is -0.112. The summed E-state index contributed by atoms with van der Waals surface area (Å²) in [5, 5.41) is 2.95. The number of hydrogen-bond donors (Lipinski definition) is 1. The van der Waals surface area contributed by atoms with Gasteiger partial charge in [0, 0.05) is 57.3 Å². The summed E-state index contributed by atoms with van der Waals surface area (Å²) in [6, 6.07) is 7.65. The maximum absolute atomic E-state index is 13.1. The lowest BCUT2D eigenvalue weighted by atomic mass is 9.96. The quantitative estimate of drug-likeness (QED) is 0.843. The Kier molecular flexibility index (Phi) is 6.11. The lowest BCUT2D eigenvalue weighted by Crippen LogP contribution is -2.54. The molecular weight excluding hydrogens is 380 g/mol. The van der Waals surface area contributed by atoms with Crippen LogP contribution in [0.25, 0.3) is 0 Å². The number of hydrogen-bond acceptors (Lipinski definition) is 5. The van der Waals surface area contributed by atoms with E-state index in [1.165, 1.54) is 0 Å². The van der Waals surface area contributed by atoms with E-state index in [4.69, 9.17) is 0 Å². The van der Waals surface area contributed by atoms with Crippen LogP contribution in [-0.2, 0) is 4.79 Å². The molecule has 0 radical (unpaired) electrons. The Morgan fingerprint density at radius 1 is 1.07 bits per heavy atom. The molecule has 3 amide bonds. The van der Waals surface area contributed by atoms with Crippen molar-refractivity contribution in [3.05, 3.63) is 48.4 Å². The van der Waals surface area contributed by atoms with Crippen molar-refractivity contribution in [3.63, 3.8) is 0 Å². The number of aromatic nitrogens is 2. The number of carbonyl (C=O) groups is 2. The summed E-state index contributed by atoms with van der Waals surface area (Å²) in [6.07, 6.45) is 6.94. The van der Waals surface area contributed by atoms with Gasteiger partial charge in [-0.05, 0) is 37.5 Å². The Labute approximate surface area is 176 Å².